The Labute approximate surface area is 111 Å². The molecule has 0 fully saturated rings. The van der Waals surface area contributed by atoms with Gasteiger partial charge < -0.3 is 4.74 Å². The van der Waals surface area contributed by atoms with Crippen molar-refractivity contribution in [2.24, 2.45) is 0 Å². The zero-order valence-electron chi connectivity index (χ0n) is 10.3. The third kappa shape index (κ3) is 4.62. The van der Waals surface area contributed by atoms with Crippen LogP contribution in [-0.4, -0.2) is 35.7 Å². The summed E-state index contributed by atoms with van der Waals surface area (Å²) in [7, 11) is -7.55. The van der Waals surface area contributed by atoms with E-state index in [2.05, 4.69) is 4.74 Å². The second-order valence-electron chi connectivity index (χ2n) is 3.74. The molecule has 0 aliphatic rings. The second kappa shape index (κ2) is 5.68. The highest BCUT2D eigenvalue weighted by Gasteiger charge is 2.25. The summed E-state index contributed by atoms with van der Waals surface area (Å²) in [5.41, 5.74) is 0.830. The van der Waals surface area contributed by atoms with E-state index in [0.717, 1.165) is 12.7 Å². The molecular formula is C10H13NO6S2. The molecule has 1 aromatic carbocycles. The number of esters is 1. The minimum absolute atomic E-state index is 0.202. The van der Waals surface area contributed by atoms with E-state index in [0.29, 0.717) is 0 Å². The molecule has 1 aromatic rings. The van der Waals surface area contributed by atoms with E-state index in [9.17, 15) is 21.6 Å². The molecule has 1 N–H and O–H groups in total. The molecule has 0 aliphatic carbocycles. The summed E-state index contributed by atoms with van der Waals surface area (Å²) in [6.45, 7) is 1.76. The number of ether oxygens (including phenoxy) is 1. The highest BCUT2D eigenvalue weighted by molar-refractivity contribution is 8.05. The molecule has 0 unspecified atom stereocenters. The van der Waals surface area contributed by atoms with Crippen molar-refractivity contribution in [3.63, 3.8) is 0 Å². The van der Waals surface area contributed by atoms with Crippen LogP contribution in [0.3, 0.4) is 0 Å². The first kappa shape index (κ1) is 15.6. The second-order valence-corrected chi connectivity index (χ2v) is 7.40. The molecule has 0 atom stereocenters. The number of sulfonamides is 2. The molecule has 0 amide bonds. The highest BCUT2D eigenvalue weighted by Crippen LogP contribution is 2.10. The summed E-state index contributed by atoms with van der Waals surface area (Å²) in [4.78, 5) is 10.7. The van der Waals surface area contributed by atoms with Crippen molar-refractivity contribution in [1.82, 2.24) is 4.13 Å². The average Bonchev–Trinajstić information content (AvgIpc) is 2.27. The van der Waals surface area contributed by atoms with Crippen molar-refractivity contribution < 1.29 is 26.4 Å². The number of carbonyl (C=O) groups excluding carboxylic acids is 1. The van der Waals surface area contributed by atoms with Gasteiger partial charge in [-0.3, -0.25) is 4.79 Å². The lowest BCUT2D eigenvalue weighted by Crippen LogP contribution is -2.35. The van der Waals surface area contributed by atoms with Crippen LogP contribution < -0.4 is 4.13 Å². The molecule has 19 heavy (non-hydrogen) atoms. The monoisotopic (exact) mass is 307 g/mol. The molecule has 1 rings (SSSR count). The normalized spacial score (nSPS) is 12.1. The quantitative estimate of drug-likeness (QED) is 0.753. The van der Waals surface area contributed by atoms with Gasteiger partial charge >= 0.3 is 5.97 Å². The first-order valence-corrected chi connectivity index (χ1v) is 8.19. The lowest BCUT2D eigenvalue weighted by atomic mass is 10.2. The molecule has 7 nitrogen and oxygen atoms in total. The summed E-state index contributed by atoms with van der Waals surface area (Å²) >= 11 is 0. The van der Waals surface area contributed by atoms with Crippen LogP contribution in [-0.2, 0) is 29.6 Å². The molecule has 0 bridgehead atoms. The number of nitrogens with one attached hydrogen (secondary N) is 1. The Morgan fingerprint density at radius 1 is 1.16 bits per heavy atom. The fraction of sp³-hybridized carbons (Fsp3) is 0.300. The summed E-state index contributed by atoms with van der Waals surface area (Å²) in [5, 5.41) is 0. The van der Waals surface area contributed by atoms with E-state index >= 15 is 0 Å². The minimum Gasteiger partial charge on any atom is -0.468 e. The third-order valence-electron chi connectivity index (χ3n) is 2.10. The van der Waals surface area contributed by atoms with Crippen LogP contribution in [0.1, 0.15) is 5.56 Å². The zero-order valence-corrected chi connectivity index (χ0v) is 11.9. The topological polar surface area (TPSA) is 107 Å². The van der Waals surface area contributed by atoms with Crippen LogP contribution >= 0.6 is 0 Å². The first-order chi connectivity index (χ1) is 8.66. The van der Waals surface area contributed by atoms with Crippen molar-refractivity contribution in [3.8, 4) is 0 Å². The van der Waals surface area contributed by atoms with E-state index in [1.54, 1.807) is 6.92 Å². The Bertz CT molecular complexity index is 660. The largest absolute Gasteiger partial charge is 0.468 e. The minimum atomic E-state index is -4.32. The van der Waals surface area contributed by atoms with Gasteiger partial charge in [-0.1, -0.05) is 17.7 Å². The van der Waals surface area contributed by atoms with Gasteiger partial charge in [0.15, 0.2) is 5.75 Å². The van der Waals surface area contributed by atoms with Gasteiger partial charge in [-0.2, -0.15) is 0 Å². The molecule has 0 aromatic heterocycles. The zero-order chi connectivity index (χ0) is 14.7. The molecule has 0 saturated carbocycles. The first-order valence-electron chi connectivity index (χ1n) is 5.06. The maximum Gasteiger partial charge on any atom is 0.322 e. The number of hydrogen-bond donors (Lipinski definition) is 1. The summed E-state index contributed by atoms with van der Waals surface area (Å²) in [6, 6.07) is 5.60. The van der Waals surface area contributed by atoms with E-state index in [1.807, 2.05) is 0 Å². The van der Waals surface area contributed by atoms with Gasteiger partial charge in [0.05, 0.1) is 12.0 Å². The Balaban J connectivity index is 2.97. The molecule has 0 heterocycles. The van der Waals surface area contributed by atoms with Gasteiger partial charge in [-0.25, -0.2) is 16.8 Å². The molecule has 106 valence electrons. The standard InChI is InChI=1S/C10H13NO6S2/c1-8-3-5-9(6-4-8)19(15,16)11-18(13,14)7-10(12)17-2/h3-6,11H,7H2,1-2H3. The lowest BCUT2D eigenvalue weighted by molar-refractivity contribution is -0.137. The van der Waals surface area contributed by atoms with Gasteiger partial charge in [0.1, 0.15) is 0 Å². The number of aryl methyl sites for hydroxylation is 1. The SMILES string of the molecule is COC(=O)CS(=O)(=O)NS(=O)(=O)c1ccc(C)cc1. The van der Waals surface area contributed by atoms with E-state index in [4.69, 9.17) is 0 Å². The fourth-order valence-corrected chi connectivity index (χ4v) is 4.06. The maximum atomic E-state index is 11.8. The van der Waals surface area contributed by atoms with Crippen molar-refractivity contribution in [2.45, 2.75) is 11.8 Å². The van der Waals surface area contributed by atoms with Gasteiger partial charge in [-0.05, 0) is 19.1 Å². The van der Waals surface area contributed by atoms with Crippen molar-refractivity contribution >= 4 is 26.0 Å². The fourth-order valence-electron chi connectivity index (χ4n) is 1.18. The third-order valence-corrected chi connectivity index (χ3v) is 5.51. The lowest BCUT2D eigenvalue weighted by Gasteiger charge is -2.07. The summed E-state index contributed by atoms with van der Waals surface area (Å²) in [6.07, 6.45) is 0. The highest BCUT2D eigenvalue weighted by atomic mass is 32.3. The molecule has 9 heteroatoms. The Hall–Kier alpha value is -1.45. The Morgan fingerprint density at radius 3 is 2.16 bits per heavy atom. The average molecular weight is 307 g/mol. The predicted molar refractivity (Wildman–Crippen MR) is 67.3 cm³/mol. The van der Waals surface area contributed by atoms with Gasteiger partial charge in [-0.15, -0.1) is 4.13 Å². The van der Waals surface area contributed by atoms with Gasteiger partial charge in [0, 0.05) is 0 Å². The van der Waals surface area contributed by atoms with Crippen molar-refractivity contribution in [2.75, 3.05) is 12.9 Å². The van der Waals surface area contributed by atoms with Crippen molar-refractivity contribution in [1.29, 1.82) is 0 Å². The Kier molecular flexibility index (Phi) is 4.66. The van der Waals surface area contributed by atoms with Crippen LogP contribution in [0.5, 0.6) is 0 Å². The van der Waals surface area contributed by atoms with Crippen LogP contribution in [0.2, 0.25) is 0 Å². The molecule has 0 radical (unpaired) electrons. The smallest absolute Gasteiger partial charge is 0.322 e. The van der Waals surface area contributed by atoms with Gasteiger partial charge in [0.25, 0.3) is 10.0 Å². The maximum absolute atomic E-state index is 11.8. The number of rotatable bonds is 5. The Morgan fingerprint density at radius 2 is 1.68 bits per heavy atom. The number of hydrogen-bond acceptors (Lipinski definition) is 6. The van der Waals surface area contributed by atoms with Gasteiger partial charge in [0.2, 0.25) is 10.0 Å². The van der Waals surface area contributed by atoms with Crippen LogP contribution in [0.15, 0.2) is 29.2 Å². The van der Waals surface area contributed by atoms with Crippen LogP contribution in [0.4, 0.5) is 0 Å². The summed E-state index contributed by atoms with van der Waals surface area (Å²) in [5.74, 6) is -2.11. The van der Waals surface area contributed by atoms with Crippen LogP contribution in [0.25, 0.3) is 0 Å². The van der Waals surface area contributed by atoms with Crippen LogP contribution in [0, 0.1) is 6.92 Å². The van der Waals surface area contributed by atoms with E-state index in [-0.39, 0.29) is 4.90 Å². The summed E-state index contributed by atoms with van der Waals surface area (Å²) < 4.78 is 52.1. The molecule has 0 aliphatic heterocycles. The molecular weight excluding hydrogens is 294 g/mol. The van der Waals surface area contributed by atoms with E-state index in [1.165, 1.54) is 28.4 Å². The van der Waals surface area contributed by atoms with Crippen molar-refractivity contribution in [3.05, 3.63) is 29.8 Å². The number of carbonyl (C=O) groups is 1. The molecule has 0 saturated heterocycles. The number of benzene rings is 1. The van der Waals surface area contributed by atoms with E-state index < -0.39 is 31.8 Å². The molecule has 0 spiro atoms. The predicted octanol–water partition coefficient (Wildman–Crippen LogP) is -0.224. The number of methoxy groups -OCH3 is 1.